The van der Waals surface area contributed by atoms with Crippen LogP contribution in [0.4, 0.5) is 0 Å². The molecule has 0 saturated heterocycles. The van der Waals surface area contributed by atoms with Gasteiger partial charge in [-0.3, -0.25) is 0 Å². The zero-order valence-corrected chi connectivity index (χ0v) is 10.3. The van der Waals surface area contributed by atoms with E-state index in [-0.39, 0.29) is 19.6 Å². The fourth-order valence-electron chi connectivity index (χ4n) is 0.732. The maximum absolute atomic E-state index is 5.54. The molecular formula is C9H14BrNOS. The molecule has 1 aromatic heterocycles. The smallest absolute Gasteiger partial charge is 0.228 e. The summed E-state index contributed by atoms with van der Waals surface area (Å²) in [6.45, 7) is 4.11. The van der Waals surface area contributed by atoms with E-state index >= 15 is 0 Å². The fraction of sp³-hybridized carbons (Fsp3) is 0.444. The van der Waals surface area contributed by atoms with Gasteiger partial charge >= 0.3 is 0 Å². The Labute approximate surface area is 94.3 Å². The van der Waals surface area contributed by atoms with Crippen molar-refractivity contribution in [1.82, 2.24) is 4.98 Å². The highest BCUT2D eigenvalue weighted by Crippen LogP contribution is 2.22. The minimum absolute atomic E-state index is 0. The molecule has 1 atom stereocenters. The number of rotatable bonds is 3. The molecule has 74 valence electrons. The van der Waals surface area contributed by atoms with Crippen molar-refractivity contribution in [3.05, 3.63) is 22.8 Å². The Morgan fingerprint density at radius 1 is 1.62 bits per heavy atom. The Morgan fingerprint density at radius 3 is 2.85 bits per heavy atom. The maximum Gasteiger partial charge on any atom is 0.228 e. The third kappa shape index (κ3) is 4.00. The molecule has 1 rings (SSSR count). The van der Waals surface area contributed by atoms with Crippen molar-refractivity contribution in [3.8, 4) is 5.88 Å². The first-order valence-electron chi connectivity index (χ1n) is 4.01. The van der Waals surface area contributed by atoms with Gasteiger partial charge in [0.05, 0.1) is 10.6 Å². The highest BCUT2D eigenvalue weighted by Gasteiger charge is 2.04. The normalized spacial score (nSPS) is 11.6. The Bertz CT molecular complexity index is 257. The van der Waals surface area contributed by atoms with E-state index in [1.807, 2.05) is 19.1 Å². The minimum atomic E-state index is 0. The van der Waals surface area contributed by atoms with Crippen LogP contribution in [0.15, 0.2) is 22.8 Å². The van der Waals surface area contributed by atoms with Crippen LogP contribution in [0.5, 0.6) is 5.88 Å². The number of ether oxygens (including phenoxy) is 1. The average molecular weight is 264 g/mol. The number of hydrogen-bond donors (Lipinski definition) is 0. The van der Waals surface area contributed by atoms with Gasteiger partial charge in [0.25, 0.3) is 0 Å². The van der Waals surface area contributed by atoms with Gasteiger partial charge in [-0.2, -0.15) is 13.5 Å². The first-order valence-corrected chi connectivity index (χ1v) is 4.80. The van der Waals surface area contributed by atoms with E-state index in [4.69, 9.17) is 4.74 Å². The van der Waals surface area contributed by atoms with Crippen molar-refractivity contribution in [3.63, 3.8) is 0 Å². The molecular weight excluding hydrogens is 250 g/mol. The first-order chi connectivity index (χ1) is 5.74. The molecule has 0 aliphatic carbocycles. The van der Waals surface area contributed by atoms with E-state index in [0.717, 1.165) is 10.9 Å². The summed E-state index contributed by atoms with van der Waals surface area (Å²) in [5.41, 5.74) is 0. The predicted molar refractivity (Wildman–Crippen MR) is 62.7 cm³/mol. The van der Waals surface area contributed by atoms with Crippen LogP contribution in [0.2, 0.25) is 0 Å². The number of pyridine rings is 1. The molecule has 0 bridgehead atoms. The van der Waals surface area contributed by atoms with Crippen molar-refractivity contribution < 1.29 is 4.74 Å². The van der Waals surface area contributed by atoms with E-state index in [1.54, 1.807) is 6.20 Å². The molecule has 0 spiro atoms. The summed E-state index contributed by atoms with van der Waals surface area (Å²) >= 11 is 3.37. The van der Waals surface area contributed by atoms with E-state index in [0.29, 0.717) is 5.88 Å². The van der Waals surface area contributed by atoms with Crippen molar-refractivity contribution in [1.29, 1.82) is 0 Å². The second-order valence-corrected chi connectivity index (χ2v) is 3.48. The summed E-state index contributed by atoms with van der Waals surface area (Å²) in [7, 11) is 0. The largest absolute Gasteiger partial charge is 0.474 e. The van der Waals surface area contributed by atoms with Gasteiger partial charge < -0.3 is 4.74 Å². The van der Waals surface area contributed by atoms with Gasteiger partial charge in [0.2, 0.25) is 5.88 Å². The molecule has 0 unspecified atom stereocenters. The zero-order chi connectivity index (χ0) is 8.97. The summed E-state index contributed by atoms with van der Waals surface area (Å²) in [6, 6.07) is 3.79. The number of hydrogen-bond acceptors (Lipinski definition) is 2. The van der Waals surface area contributed by atoms with Crippen LogP contribution in [-0.2, 0) is 0 Å². The predicted octanol–water partition coefficient (Wildman–Crippen LogP) is 3.13. The monoisotopic (exact) mass is 263 g/mol. The van der Waals surface area contributed by atoms with E-state index in [2.05, 4.69) is 27.8 Å². The van der Waals surface area contributed by atoms with Crippen LogP contribution in [0.25, 0.3) is 0 Å². The third-order valence-electron chi connectivity index (χ3n) is 1.61. The molecule has 2 nitrogen and oxygen atoms in total. The summed E-state index contributed by atoms with van der Waals surface area (Å²) in [4.78, 5) is 4.10. The van der Waals surface area contributed by atoms with Crippen LogP contribution in [0.3, 0.4) is 0 Å². The summed E-state index contributed by atoms with van der Waals surface area (Å²) in [6.07, 6.45) is 2.93. The third-order valence-corrected chi connectivity index (χ3v) is 2.22. The summed E-state index contributed by atoms with van der Waals surface area (Å²) in [5, 5.41) is 0. The summed E-state index contributed by atoms with van der Waals surface area (Å²) < 4.78 is 6.44. The van der Waals surface area contributed by atoms with Crippen LogP contribution < -0.4 is 4.74 Å². The van der Waals surface area contributed by atoms with Gasteiger partial charge in [0.15, 0.2) is 0 Å². The molecule has 1 heterocycles. The molecule has 0 aromatic carbocycles. The zero-order valence-electron chi connectivity index (χ0n) is 7.75. The van der Waals surface area contributed by atoms with Gasteiger partial charge in [-0.15, -0.1) is 0 Å². The molecule has 0 radical (unpaired) electrons. The minimum Gasteiger partial charge on any atom is -0.474 e. The molecule has 0 amide bonds. The quantitative estimate of drug-likeness (QED) is 0.836. The van der Waals surface area contributed by atoms with Crippen molar-refractivity contribution in [2.45, 2.75) is 26.4 Å². The van der Waals surface area contributed by atoms with Crippen LogP contribution in [-0.4, -0.2) is 11.1 Å². The Balaban J connectivity index is 0.00000144. The molecule has 0 N–H and O–H groups in total. The Morgan fingerprint density at radius 2 is 2.31 bits per heavy atom. The summed E-state index contributed by atoms with van der Waals surface area (Å²) in [5.74, 6) is 0.673. The van der Waals surface area contributed by atoms with Gasteiger partial charge in [-0.1, -0.05) is 6.92 Å². The van der Waals surface area contributed by atoms with Crippen molar-refractivity contribution in [2.24, 2.45) is 0 Å². The lowest BCUT2D eigenvalue weighted by Crippen LogP contribution is -2.10. The van der Waals surface area contributed by atoms with Gasteiger partial charge in [-0.05, 0) is 41.4 Å². The maximum atomic E-state index is 5.54. The second-order valence-electron chi connectivity index (χ2n) is 2.63. The van der Waals surface area contributed by atoms with Gasteiger partial charge in [-0.25, -0.2) is 4.98 Å². The van der Waals surface area contributed by atoms with Crippen LogP contribution >= 0.6 is 29.4 Å². The Hall–Kier alpha value is -0.220. The van der Waals surface area contributed by atoms with Gasteiger partial charge in [0.1, 0.15) is 0 Å². The van der Waals surface area contributed by atoms with Crippen molar-refractivity contribution >= 4 is 29.4 Å². The van der Waals surface area contributed by atoms with E-state index < -0.39 is 0 Å². The topological polar surface area (TPSA) is 22.1 Å². The lowest BCUT2D eigenvalue weighted by atomic mass is 10.3. The lowest BCUT2D eigenvalue weighted by Gasteiger charge is -2.11. The SMILES string of the molecule is CC[C@H](C)Oc1ncccc1Br.S. The highest BCUT2D eigenvalue weighted by atomic mass is 79.9. The molecule has 13 heavy (non-hydrogen) atoms. The molecule has 0 aliphatic heterocycles. The second kappa shape index (κ2) is 6.27. The number of nitrogens with zero attached hydrogens (tertiary/aromatic N) is 1. The molecule has 0 aliphatic rings. The average Bonchev–Trinajstić information content (AvgIpc) is 2.09. The molecule has 4 heteroatoms. The van der Waals surface area contributed by atoms with Crippen LogP contribution in [0.1, 0.15) is 20.3 Å². The van der Waals surface area contributed by atoms with E-state index in [1.165, 1.54) is 0 Å². The molecule has 0 saturated carbocycles. The lowest BCUT2D eigenvalue weighted by molar-refractivity contribution is 0.207. The van der Waals surface area contributed by atoms with E-state index in [9.17, 15) is 0 Å². The highest BCUT2D eigenvalue weighted by molar-refractivity contribution is 9.10. The molecule has 0 fully saturated rings. The van der Waals surface area contributed by atoms with Crippen molar-refractivity contribution in [2.75, 3.05) is 0 Å². The van der Waals surface area contributed by atoms with Crippen LogP contribution in [0, 0.1) is 0 Å². The number of halogens is 1. The molecule has 1 aromatic rings. The standard InChI is InChI=1S/C9H12BrNO.H2S/c1-3-7(2)12-9-8(10)5-4-6-11-9;/h4-7H,3H2,1-2H3;1H2/t7-;/m0./s1. The first kappa shape index (κ1) is 12.8. The number of aromatic nitrogens is 1. The fourth-order valence-corrected chi connectivity index (χ4v) is 1.08. The van der Waals surface area contributed by atoms with Gasteiger partial charge in [0, 0.05) is 6.20 Å². The Kier molecular flexibility index (Phi) is 6.16.